The van der Waals surface area contributed by atoms with Crippen LogP contribution in [0.1, 0.15) is 31.7 Å². The molecule has 0 bridgehead atoms. The number of benzene rings is 2. The molecule has 1 unspecified atom stereocenters. The molecule has 0 saturated heterocycles. The van der Waals surface area contributed by atoms with Gasteiger partial charge in [0.15, 0.2) is 0 Å². The molecule has 0 spiro atoms. The largest absolute Gasteiger partial charge is 0.497 e. The third kappa shape index (κ3) is 7.02. The van der Waals surface area contributed by atoms with E-state index in [1.54, 1.807) is 7.11 Å². The van der Waals surface area contributed by atoms with E-state index in [2.05, 4.69) is 55.5 Å². The molecule has 0 aliphatic rings. The topological polar surface area (TPSA) is 18.5 Å². The van der Waals surface area contributed by atoms with Crippen LogP contribution < -0.4 is 9.92 Å². The van der Waals surface area contributed by atoms with Gasteiger partial charge in [0.25, 0.3) is 0 Å². The van der Waals surface area contributed by atoms with Gasteiger partial charge >= 0.3 is 0 Å². The van der Waals surface area contributed by atoms with Gasteiger partial charge in [0.05, 0.1) is 23.2 Å². The molecule has 0 aromatic heterocycles. The lowest BCUT2D eigenvalue weighted by atomic mass is 10.2. The van der Waals surface area contributed by atoms with E-state index in [0.717, 1.165) is 30.9 Å². The van der Waals surface area contributed by atoms with Gasteiger partial charge in [0.1, 0.15) is 5.75 Å². The SMILES string of the molecule is COc1ccc([SiH2]C(C)CCCCOCc2ccccc2)cc1. The Morgan fingerprint density at radius 2 is 1.70 bits per heavy atom. The molecule has 0 aliphatic carbocycles. The van der Waals surface area contributed by atoms with E-state index in [0.29, 0.717) is 0 Å². The van der Waals surface area contributed by atoms with Crippen LogP contribution in [-0.4, -0.2) is 23.2 Å². The highest BCUT2D eigenvalue weighted by molar-refractivity contribution is 6.54. The normalized spacial score (nSPS) is 12.6. The van der Waals surface area contributed by atoms with Gasteiger partial charge in [0, 0.05) is 6.61 Å². The molecule has 3 heteroatoms. The molecule has 0 N–H and O–H groups in total. The van der Waals surface area contributed by atoms with Crippen molar-refractivity contribution in [3.8, 4) is 5.75 Å². The van der Waals surface area contributed by atoms with Crippen molar-refractivity contribution in [3.63, 3.8) is 0 Å². The second-order valence-corrected chi connectivity index (χ2v) is 8.81. The van der Waals surface area contributed by atoms with Crippen LogP contribution in [0.25, 0.3) is 0 Å². The van der Waals surface area contributed by atoms with Gasteiger partial charge in [-0.1, -0.05) is 67.4 Å². The van der Waals surface area contributed by atoms with Gasteiger partial charge in [-0.05, 0) is 29.7 Å². The Kier molecular flexibility index (Phi) is 7.91. The lowest BCUT2D eigenvalue weighted by Crippen LogP contribution is -2.17. The fraction of sp³-hybridized carbons (Fsp3) is 0.400. The summed E-state index contributed by atoms with van der Waals surface area (Å²) in [7, 11) is 1.53. The van der Waals surface area contributed by atoms with E-state index in [4.69, 9.17) is 9.47 Å². The summed E-state index contributed by atoms with van der Waals surface area (Å²) in [6.45, 7) is 3.99. The molecule has 2 aromatic rings. The zero-order valence-electron chi connectivity index (χ0n) is 14.3. The highest BCUT2D eigenvalue weighted by Gasteiger charge is 2.05. The molecule has 0 amide bonds. The Hall–Kier alpha value is -1.58. The van der Waals surface area contributed by atoms with Crippen LogP contribution in [0.3, 0.4) is 0 Å². The average molecular weight is 329 g/mol. The molecule has 23 heavy (non-hydrogen) atoms. The minimum Gasteiger partial charge on any atom is -0.497 e. The Morgan fingerprint density at radius 3 is 2.39 bits per heavy atom. The quantitative estimate of drug-likeness (QED) is 0.489. The van der Waals surface area contributed by atoms with Crippen molar-refractivity contribution in [3.05, 3.63) is 60.2 Å². The monoisotopic (exact) mass is 328 g/mol. The van der Waals surface area contributed by atoms with Crippen molar-refractivity contribution in [1.82, 2.24) is 0 Å². The molecule has 2 rings (SSSR count). The number of ether oxygens (including phenoxy) is 2. The van der Waals surface area contributed by atoms with Crippen molar-refractivity contribution < 1.29 is 9.47 Å². The second-order valence-electron chi connectivity index (χ2n) is 6.19. The number of rotatable bonds is 10. The van der Waals surface area contributed by atoms with Crippen molar-refractivity contribution in [2.45, 2.75) is 38.3 Å². The van der Waals surface area contributed by atoms with Gasteiger partial charge in [0.2, 0.25) is 0 Å². The average Bonchev–Trinajstić information content (AvgIpc) is 2.59. The summed E-state index contributed by atoms with van der Waals surface area (Å²) in [5, 5.41) is 1.53. The first-order chi connectivity index (χ1) is 11.3. The first-order valence-corrected chi connectivity index (χ1v) is 10.0. The Morgan fingerprint density at radius 1 is 0.957 bits per heavy atom. The summed E-state index contributed by atoms with van der Waals surface area (Å²) < 4.78 is 11.0. The summed E-state index contributed by atoms with van der Waals surface area (Å²) in [4.78, 5) is 0. The molecule has 2 nitrogen and oxygen atoms in total. The molecule has 0 heterocycles. The highest BCUT2D eigenvalue weighted by Crippen LogP contribution is 2.14. The highest BCUT2D eigenvalue weighted by atomic mass is 28.2. The van der Waals surface area contributed by atoms with E-state index in [1.165, 1.54) is 23.6 Å². The first-order valence-electron chi connectivity index (χ1n) is 8.52. The first kappa shape index (κ1) is 17.8. The van der Waals surface area contributed by atoms with Crippen molar-refractivity contribution in [1.29, 1.82) is 0 Å². The summed E-state index contributed by atoms with van der Waals surface area (Å²) in [6.07, 6.45) is 3.74. The van der Waals surface area contributed by atoms with E-state index in [9.17, 15) is 0 Å². The zero-order chi connectivity index (χ0) is 16.3. The number of methoxy groups -OCH3 is 1. The molecule has 0 saturated carbocycles. The maximum absolute atomic E-state index is 5.74. The van der Waals surface area contributed by atoms with Crippen molar-refractivity contribution >= 4 is 14.7 Å². The third-order valence-electron chi connectivity index (χ3n) is 4.09. The predicted molar refractivity (Wildman–Crippen MR) is 101 cm³/mol. The van der Waals surface area contributed by atoms with Gasteiger partial charge in [-0.3, -0.25) is 0 Å². The Labute approximate surface area is 142 Å². The lowest BCUT2D eigenvalue weighted by molar-refractivity contribution is 0.117. The predicted octanol–water partition coefficient (Wildman–Crippen LogP) is 3.68. The summed E-state index contributed by atoms with van der Waals surface area (Å²) in [5.41, 5.74) is 2.10. The van der Waals surface area contributed by atoms with Crippen molar-refractivity contribution in [2.24, 2.45) is 0 Å². The lowest BCUT2D eigenvalue weighted by Gasteiger charge is -2.11. The van der Waals surface area contributed by atoms with Gasteiger partial charge in [-0.25, -0.2) is 0 Å². The fourth-order valence-corrected chi connectivity index (χ4v) is 4.53. The zero-order valence-corrected chi connectivity index (χ0v) is 15.7. The smallest absolute Gasteiger partial charge is 0.118 e. The fourth-order valence-electron chi connectivity index (χ4n) is 2.73. The van der Waals surface area contributed by atoms with E-state index in [1.807, 2.05) is 6.07 Å². The summed E-state index contributed by atoms with van der Waals surface area (Å²) in [5.74, 6) is 0.950. The van der Waals surface area contributed by atoms with E-state index >= 15 is 0 Å². The maximum Gasteiger partial charge on any atom is 0.118 e. The Balaban J connectivity index is 1.55. The minimum absolute atomic E-state index is 0.188. The van der Waals surface area contributed by atoms with Gasteiger partial charge in [-0.15, -0.1) is 0 Å². The van der Waals surface area contributed by atoms with Gasteiger partial charge in [-0.2, -0.15) is 0 Å². The van der Waals surface area contributed by atoms with Crippen LogP contribution in [-0.2, 0) is 11.3 Å². The van der Waals surface area contributed by atoms with E-state index in [-0.39, 0.29) is 9.52 Å². The molecule has 0 radical (unpaired) electrons. The molecule has 2 aromatic carbocycles. The standard InChI is InChI=1S/C20H28O2Si/c1-17(23-20-13-11-19(21-2)12-14-20)8-6-7-15-22-16-18-9-4-3-5-10-18/h3-5,9-14,17H,6-8,15-16,23H2,1-2H3. The van der Waals surface area contributed by atoms with Gasteiger partial charge < -0.3 is 9.47 Å². The molecule has 1 atom stereocenters. The second kappa shape index (κ2) is 10.2. The van der Waals surface area contributed by atoms with Crippen LogP contribution in [0.2, 0.25) is 5.54 Å². The molecule has 0 fully saturated rings. The van der Waals surface area contributed by atoms with Crippen LogP contribution in [0.4, 0.5) is 0 Å². The van der Waals surface area contributed by atoms with Crippen molar-refractivity contribution in [2.75, 3.05) is 13.7 Å². The maximum atomic E-state index is 5.74. The van der Waals surface area contributed by atoms with Crippen LogP contribution in [0, 0.1) is 0 Å². The Bertz CT molecular complexity index is 539. The molecular formula is C20H28O2Si. The minimum atomic E-state index is -0.188. The van der Waals surface area contributed by atoms with Crippen LogP contribution in [0.15, 0.2) is 54.6 Å². The molecule has 124 valence electrons. The molecule has 0 aliphatic heterocycles. The summed E-state index contributed by atoms with van der Waals surface area (Å²) in [6, 6.07) is 19.0. The summed E-state index contributed by atoms with van der Waals surface area (Å²) >= 11 is 0. The third-order valence-corrected chi connectivity index (χ3v) is 6.14. The number of hydrogen-bond acceptors (Lipinski definition) is 2. The number of hydrogen-bond donors (Lipinski definition) is 0. The van der Waals surface area contributed by atoms with Crippen LogP contribution >= 0.6 is 0 Å². The van der Waals surface area contributed by atoms with E-state index < -0.39 is 0 Å². The van der Waals surface area contributed by atoms with Crippen LogP contribution in [0.5, 0.6) is 5.75 Å². The molecular weight excluding hydrogens is 300 g/mol. The number of unbranched alkanes of at least 4 members (excludes halogenated alkanes) is 1.